The van der Waals surface area contributed by atoms with E-state index in [9.17, 15) is 9.90 Å². The third-order valence-corrected chi connectivity index (χ3v) is 6.48. The predicted molar refractivity (Wildman–Crippen MR) is 126 cm³/mol. The van der Waals surface area contributed by atoms with Crippen molar-refractivity contribution in [2.24, 2.45) is 7.05 Å². The first-order valence-corrected chi connectivity index (χ1v) is 11.1. The molecular weight excluding hydrogens is 418 g/mol. The minimum absolute atomic E-state index is 0.110. The number of hydrogen-bond acceptors (Lipinski definition) is 5. The molecule has 2 heterocycles. The zero-order valence-electron chi connectivity index (χ0n) is 19.0. The van der Waals surface area contributed by atoms with Crippen LogP contribution in [0.25, 0.3) is 22.1 Å². The summed E-state index contributed by atoms with van der Waals surface area (Å²) < 4.78 is 13.8. The lowest BCUT2D eigenvalue weighted by Crippen LogP contribution is -2.03. The molecule has 2 aromatic carbocycles. The molecule has 7 heteroatoms. The van der Waals surface area contributed by atoms with Crippen LogP contribution in [0.15, 0.2) is 41.0 Å². The van der Waals surface area contributed by atoms with Gasteiger partial charge >= 0.3 is 5.97 Å². The largest absolute Gasteiger partial charge is 0.488 e. The molecule has 0 saturated heterocycles. The van der Waals surface area contributed by atoms with Crippen molar-refractivity contribution >= 4 is 22.6 Å². The molecule has 0 bridgehead atoms. The van der Waals surface area contributed by atoms with Crippen LogP contribution in [-0.2, 0) is 24.9 Å². The predicted octanol–water partition coefficient (Wildman–Crippen LogP) is 5.12. The number of nitrogen functional groups attached to an aromatic ring is 1. The Hall–Kier alpha value is -3.74. The second kappa shape index (κ2) is 7.99. The molecule has 1 aliphatic rings. The Bertz CT molecular complexity index is 1380. The van der Waals surface area contributed by atoms with Crippen LogP contribution in [0, 0.1) is 13.8 Å². The summed E-state index contributed by atoms with van der Waals surface area (Å²) in [5, 5.41) is 14.6. The molecule has 0 spiro atoms. The Kier molecular flexibility index (Phi) is 5.12. The molecule has 2 aromatic heterocycles. The molecule has 33 heavy (non-hydrogen) atoms. The number of aliphatic carboxylic acids is 1. The van der Waals surface area contributed by atoms with E-state index in [1.165, 1.54) is 24.7 Å². The average Bonchev–Trinajstić information content (AvgIpc) is 3.50. The lowest BCUT2D eigenvalue weighted by Gasteiger charge is -2.14. The summed E-state index contributed by atoms with van der Waals surface area (Å²) in [5.41, 5.74) is 14.2. The zero-order chi connectivity index (χ0) is 23.3. The molecule has 1 saturated carbocycles. The minimum Gasteiger partial charge on any atom is -0.488 e. The number of rotatable bonds is 7. The van der Waals surface area contributed by atoms with E-state index in [2.05, 4.69) is 17.2 Å². The fourth-order valence-electron chi connectivity index (χ4n) is 4.46. The van der Waals surface area contributed by atoms with Gasteiger partial charge in [-0.15, -0.1) is 0 Å². The summed E-state index contributed by atoms with van der Waals surface area (Å²) in [6, 6.07) is 10.0. The van der Waals surface area contributed by atoms with Gasteiger partial charge in [-0.25, -0.2) is 0 Å². The monoisotopic (exact) mass is 445 g/mol. The minimum atomic E-state index is -0.904. The lowest BCUT2D eigenvalue weighted by atomic mass is 9.99. The SMILES string of the molecule is Cc1nn(C)c(C)c1-c1cc2c(CC(=O)O)coc2cc1OCc1ccc(C2CC2)cc1N. The Morgan fingerprint density at radius 1 is 1.24 bits per heavy atom. The number of carboxylic acids is 1. The highest BCUT2D eigenvalue weighted by molar-refractivity contribution is 5.92. The first-order chi connectivity index (χ1) is 15.8. The number of benzene rings is 2. The summed E-state index contributed by atoms with van der Waals surface area (Å²) in [6.45, 7) is 4.28. The van der Waals surface area contributed by atoms with Crippen molar-refractivity contribution < 1.29 is 19.1 Å². The Labute approximate surface area is 191 Å². The molecule has 1 fully saturated rings. The van der Waals surface area contributed by atoms with Gasteiger partial charge in [0.05, 0.1) is 18.4 Å². The van der Waals surface area contributed by atoms with Crippen LogP contribution in [0.2, 0.25) is 0 Å². The number of nitrogens with two attached hydrogens (primary N) is 1. The summed E-state index contributed by atoms with van der Waals surface area (Å²) in [4.78, 5) is 11.3. The number of hydrogen-bond donors (Lipinski definition) is 2. The highest BCUT2D eigenvalue weighted by atomic mass is 16.5. The van der Waals surface area contributed by atoms with Crippen molar-refractivity contribution in [2.45, 2.75) is 45.6 Å². The summed E-state index contributed by atoms with van der Waals surface area (Å²) in [5.74, 6) is 0.383. The molecule has 1 aliphatic carbocycles. The number of anilines is 1. The van der Waals surface area contributed by atoms with Crippen LogP contribution >= 0.6 is 0 Å². The van der Waals surface area contributed by atoms with E-state index >= 15 is 0 Å². The van der Waals surface area contributed by atoms with Gasteiger partial charge in [0.2, 0.25) is 0 Å². The molecule has 0 unspecified atom stereocenters. The second-order valence-electron chi connectivity index (χ2n) is 8.87. The summed E-state index contributed by atoms with van der Waals surface area (Å²) >= 11 is 0. The standard InChI is InChI=1S/C26H27N3O4/c1-14-26(15(2)29(3)28-14)21-10-20-19(9-25(30)31)13-33-23(20)11-24(21)32-12-18-7-6-17(8-22(18)27)16-4-5-16/h6-8,10-11,13,16H,4-5,9,12,27H2,1-3H3,(H,30,31). The topological polar surface area (TPSA) is 104 Å². The lowest BCUT2D eigenvalue weighted by molar-refractivity contribution is -0.136. The molecule has 0 atom stereocenters. The van der Waals surface area contributed by atoms with Gasteiger partial charge in [0.1, 0.15) is 17.9 Å². The molecule has 0 aliphatic heterocycles. The van der Waals surface area contributed by atoms with Crippen molar-refractivity contribution in [3.8, 4) is 16.9 Å². The highest BCUT2D eigenvalue weighted by Crippen LogP contribution is 2.42. The molecule has 170 valence electrons. The number of ether oxygens (including phenoxy) is 1. The van der Waals surface area contributed by atoms with Crippen molar-refractivity contribution in [2.75, 3.05) is 5.73 Å². The average molecular weight is 446 g/mol. The van der Waals surface area contributed by atoms with Gasteiger partial charge in [-0.2, -0.15) is 5.10 Å². The molecular formula is C26H27N3O4. The molecule has 5 rings (SSSR count). The van der Waals surface area contributed by atoms with E-state index in [1.54, 1.807) is 0 Å². The fraction of sp³-hybridized carbons (Fsp3) is 0.308. The maximum absolute atomic E-state index is 11.3. The van der Waals surface area contributed by atoms with Crippen LogP contribution < -0.4 is 10.5 Å². The summed E-state index contributed by atoms with van der Waals surface area (Å²) in [7, 11) is 1.90. The Morgan fingerprint density at radius 2 is 2.03 bits per heavy atom. The molecule has 0 amide bonds. The van der Waals surface area contributed by atoms with Crippen molar-refractivity contribution in [1.82, 2.24) is 9.78 Å². The summed E-state index contributed by atoms with van der Waals surface area (Å²) in [6.07, 6.45) is 3.86. The van der Waals surface area contributed by atoms with Crippen LogP contribution in [-0.4, -0.2) is 20.9 Å². The van der Waals surface area contributed by atoms with Gasteiger partial charge in [-0.05, 0) is 50.3 Å². The van der Waals surface area contributed by atoms with Crippen molar-refractivity contribution in [1.29, 1.82) is 0 Å². The zero-order valence-corrected chi connectivity index (χ0v) is 19.0. The van der Waals surface area contributed by atoms with Crippen LogP contribution in [0.3, 0.4) is 0 Å². The first-order valence-electron chi connectivity index (χ1n) is 11.1. The number of aryl methyl sites for hydroxylation is 2. The Morgan fingerprint density at radius 3 is 2.67 bits per heavy atom. The maximum Gasteiger partial charge on any atom is 0.307 e. The van der Waals surface area contributed by atoms with Crippen LogP contribution in [0.1, 0.15) is 46.8 Å². The van der Waals surface area contributed by atoms with E-state index in [1.807, 2.05) is 43.8 Å². The van der Waals surface area contributed by atoms with Gasteiger partial charge in [0, 0.05) is 52.1 Å². The second-order valence-corrected chi connectivity index (χ2v) is 8.87. The van der Waals surface area contributed by atoms with Crippen LogP contribution in [0.4, 0.5) is 5.69 Å². The van der Waals surface area contributed by atoms with E-state index in [0.717, 1.165) is 39.2 Å². The number of furan rings is 1. The molecule has 4 aromatic rings. The van der Waals surface area contributed by atoms with Gasteiger partial charge in [0.15, 0.2) is 0 Å². The quantitative estimate of drug-likeness (QED) is 0.383. The van der Waals surface area contributed by atoms with Gasteiger partial charge in [-0.3, -0.25) is 9.48 Å². The number of nitrogens with zero attached hydrogens (tertiary/aromatic N) is 2. The normalized spacial score (nSPS) is 13.5. The van der Waals surface area contributed by atoms with Gasteiger partial charge in [0.25, 0.3) is 0 Å². The maximum atomic E-state index is 11.3. The molecule has 3 N–H and O–H groups in total. The van der Waals surface area contributed by atoms with E-state index in [0.29, 0.717) is 29.4 Å². The number of carboxylic acid groups (broad SMARTS) is 1. The van der Waals surface area contributed by atoms with Crippen molar-refractivity contribution in [3.63, 3.8) is 0 Å². The van der Waals surface area contributed by atoms with E-state index < -0.39 is 5.97 Å². The third-order valence-electron chi connectivity index (χ3n) is 6.48. The third kappa shape index (κ3) is 3.95. The van der Waals surface area contributed by atoms with E-state index in [-0.39, 0.29) is 6.42 Å². The fourth-order valence-corrected chi connectivity index (χ4v) is 4.46. The first kappa shape index (κ1) is 21.1. The van der Waals surface area contributed by atoms with Gasteiger partial charge in [-0.1, -0.05) is 12.1 Å². The molecule has 0 radical (unpaired) electrons. The number of fused-ring (bicyclic) bond motifs is 1. The van der Waals surface area contributed by atoms with Crippen LogP contribution in [0.5, 0.6) is 5.75 Å². The number of carbonyl (C=O) groups is 1. The van der Waals surface area contributed by atoms with Gasteiger partial charge < -0.3 is 20.0 Å². The van der Waals surface area contributed by atoms with Crippen molar-refractivity contribution in [3.05, 3.63) is 64.7 Å². The smallest absolute Gasteiger partial charge is 0.307 e. The Balaban J connectivity index is 1.56. The highest BCUT2D eigenvalue weighted by Gasteiger charge is 2.24. The molecule has 7 nitrogen and oxygen atoms in total. The number of aromatic nitrogens is 2. The van der Waals surface area contributed by atoms with E-state index in [4.69, 9.17) is 14.9 Å².